The minimum atomic E-state index is -0.743. The predicted molar refractivity (Wildman–Crippen MR) is 73.9 cm³/mol. The van der Waals surface area contributed by atoms with E-state index >= 15 is 0 Å². The summed E-state index contributed by atoms with van der Waals surface area (Å²) in [6, 6.07) is -0.148. The van der Waals surface area contributed by atoms with E-state index in [0.717, 1.165) is 19.3 Å². The Hall–Kier alpha value is -1.26. The molecule has 5 heteroatoms. The maximum atomic E-state index is 11.8. The molecule has 1 aliphatic rings. The summed E-state index contributed by atoms with van der Waals surface area (Å²) in [7, 11) is 0. The minimum absolute atomic E-state index is 0.00823. The maximum Gasteiger partial charge on any atom is 0.315 e. The summed E-state index contributed by atoms with van der Waals surface area (Å²) in [6.07, 6.45) is 2.54. The highest BCUT2D eigenvalue weighted by atomic mass is 16.4. The Morgan fingerprint density at radius 1 is 1.32 bits per heavy atom. The van der Waals surface area contributed by atoms with Crippen molar-refractivity contribution in [2.45, 2.75) is 53.0 Å². The van der Waals surface area contributed by atoms with Gasteiger partial charge < -0.3 is 15.7 Å². The van der Waals surface area contributed by atoms with Gasteiger partial charge in [-0.25, -0.2) is 4.79 Å². The third-order valence-electron chi connectivity index (χ3n) is 4.15. The van der Waals surface area contributed by atoms with Crippen molar-refractivity contribution in [3.63, 3.8) is 0 Å². The van der Waals surface area contributed by atoms with Crippen LogP contribution in [-0.2, 0) is 4.79 Å². The molecule has 5 nitrogen and oxygen atoms in total. The molecular formula is C14H26N2O3. The first kappa shape index (κ1) is 15.8. The van der Waals surface area contributed by atoms with Gasteiger partial charge in [0.1, 0.15) is 0 Å². The average molecular weight is 270 g/mol. The van der Waals surface area contributed by atoms with Crippen molar-refractivity contribution in [3.8, 4) is 0 Å². The molecule has 3 atom stereocenters. The highest BCUT2D eigenvalue weighted by Gasteiger charge is 2.33. The van der Waals surface area contributed by atoms with Crippen molar-refractivity contribution in [1.29, 1.82) is 0 Å². The van der Waals surface area contributed by atoms with Gasteiger partial charge in [-0.3, -0.25) is 4.79 Å². The minimum Gasteiger partial charge on any atom is -0.481 e. The van der Waals surface area contributed by atoms with Gasteiger partial charge in [-0.15, -0.1) is 0 Å². The molecule has 0 spiro atoms. The average Bonchev–Trinajstić information content (AvgIpc) is 2.73. The van der Waals surface area contributed by atoms with Gasteiger partial charge in [-0.05, 0) is 31.1 Å². The van der Waals surface area contributed by atoms with Gasteiger partial charge in [-0.1, -0.05) is 27.2 Å². The molecule has 0 aromatic rings. The standard InChI is InChI=1S/C14H26N2O3/c1-9(14(2,3)4)16-13(19)15-8-10-6-5-7-11(10)12(17)18/h9-11H,5-8H2,1-4H3,(H,17,18)(H2,15,16,19). The molecule has 0 heterocycles. The summed E-state index contributed by atoms with van der Waals surface area (Å²) in [6.45, 7) is 8.61. The topological polar surface area (TPSA) is 78.4 Å². The summed E-state index contributed by atoms with van der Waals surface area (Å²) < 4.78 is 0. The molecule has 0 radical (unpaired) electrons. The van der Waals surface area contributed by atoms with Crippen LogP contribution in [0, 0.1) is 17.3 Å². The van der Waals surface area contributed by atoms with Crippen molar-refractivity contribution >= 4 is 12.0 Å². The molecule has 19 heavy (non-hydrogen) atoms. The highest BCUT2D eigenvalue weighted by Crippen LogP contribution is 2.31. The van der Waals surface area contributed by atoms with Crippen LogP contribution in [0.5, 0.6) is 0 Å². The van der Waals surface area contributed by atoms with E-state index < -0.39 is 5.97 Å². The zero-order valence-electron chi connectivity index (χ0n) is 12.3. The molecule has 1 rings (SSSR count). The van der Waals surface area contributed by atoms with Crippen molar-refractivity contribution in [2.75, 3.05) is 6.54 Å². The number of amides is 2. The van der Waals surface area contributed by atoms with Gasteiger partial charge in [0, 0.05) is 12.6 Å². The third kappa shape index (κ3) is 4.73. The van der Waals surface area contributed by atoms with Crippen LogP contribution in [-0.4, -0.2) is 29.7 Å². The summed E-state index contributed by atoms with van der Waals surface area (Å²) in [5, 5.41) is 14.8. The maximum absolute atomic E-state index is 11.8. The van der Waals surface area contributed by atoms with Crippen LogP contribution in [0.3, 0.4) is 0 Å². The molecule has 0 aromatic heterocycles. The lowest BCUT2D eigenvalue weighted by molar-refractivity contribution is -0.142. The Bertz CT molecular complexity index is 336. The first-order valence-electron chi connectivity index (χ1n) is 6.99. The number of aliphatic carboxylic acids is 1. The number of carboxylic acids is 1. The molecule has 0 saturated heterocycles. The monoisotopic (exact) mass is 270 g/mol. The number of carbonyl (C=O) groups is 2. The highest BCUT2D eigenvalue weighted by molar-refractivity contribution is 5.74. The van der Waals surface area contributed by atoms with E-state index in [1.807, 2.05) is 6.92 Å². The van der Waals surface area contributed by atoms with Gasteiger partial charge in [0.25, 0.3) is 0 Å². The van der Waals surface area contributed by atoms with Gasteiger partial charge >= 0.3 is 12.0 Å². The zero-order valence-corrected chi connectivity index (χ0v) is 12.3. The fraction of sp³-hybridized carbons (Fsp3) is 0.857. The summed E-state index contributed by atoms with van der Waals surface area (Å²) in [4.78, 5) is 22.8. The molecule has 1 saturated carbocycles. The second-order valence-electron chi connectivity index (χ2n) is 6.58. The van der Waals surface area contributed by atoms with Crippen LogP contribution in [0.15, 0.2) is 0 Å². The number of urea groups is 1. The van der Waals surface area contributed by atoms with E-state index in [9.17, 15) is 9.59 Å². The van der Waals surface area contributed by atoms with Crippen molar-refractivity contribution in [1.82, 2.24) is 10.6 Å². The van der Waals surface area contributed by atoms with Crippen molar-refractivity contribution < 1.29 is 14.7 Å². The molecule has 1 aliphatic carbocycles. The quantitative estimate of drug-likeness (QED) is 0.733. The van der Waals surface area contributed by atoms with Crippen LogP contribution in [0.2, 0.25) is 0 Å². The van der Waals surface area contributed by atoms with Gasteiger partial charge in [0.05, 0.1) is 5.92 Å². The smallest absolute Gasteiger partial charge is 0.315 e. The Kier molecular flexibility index (Phi) is 5.20. The predicted octanol–water partition coefficient (Wildman–Crippen LogP) is 2.22. The summed E-state index contributed by atoms with van der Waals surface area (Å²) in [5.41, 5.74) is 0.00823. The van der Waals surface area contributed by atoms with E-state index in [1.54, 1.807) is 0 Å². The molecule has 0 aliphatic heterocycles. The summed E-state index contributed by atoms with van der Waals surface area (Å²) in [5.74, 6) is -0.985. The van der Waals surface area contributed by atoms with E-state index in [-0.39, 0.29) is 29.3 Å². The fourth-order valence-corrected chi connectivity index (χ4v) is 2.29. The number of nitrogens with one attached hydrogen (secondary N) is 2. The first-order valence-corrected chi connectivity index (χ1v) is 6.99. The van der Waals surface area contributed by atoms with Crippen molar-refractivity contribution in [2.24, 2.45) is 17.3 Å². The molecule has 110 valence electrons. The van der Waals surface area contributed by atoms with Crippen molar-refractivity contribution in [3.05, 3.63) is 0 Å². The molecule has 0 bridgehead atoms. The van der Waals surface area contributed by atoms with E-state index in [0.29, 0.717) is 6.54 Å². The lowest BCUT2D eigenvalue weighted by Gasteiger charge is -2.28. The molecule has 3 unspecified atom stereocenters. The second-order valence-corrected chi connectivity index (χ2v) is 6.58. The molecular weight excluding hydrogens is 244 g/mol. The molecule has 1 fully saturated rings. The van der Waals surface area contributed by atoms with Crippen LogP contribution < -0.4 is 10.6 Å². The van der Waals surface area contributed by atoms with Gasteiger partial charge in [0.15, 0.2) is 0 Å². The first-order chi connectivity index (χ1) is 8.71. The SMILES string of the molecule is CC(NC(=O)NCC1CCCC1C(=O)O)C(C)(C)C. The normalized spacial score (nSPS) is 24.8. The number of hydrogen-bond acceptors (Lipinski definition) is 2. The zero-order chi connectivity index (χ0) is 14.6. The van der Waals surface area contributed by atoms with Gasteiger partial charge in [0.2, 0.25) is 0 Å². The Labute approximate surface area is 115 Å². The summed E-state index contributed by atoms with van der Waals surface area (Å²) >= 11 is 0. The van der Waals surface area contributed by atoms with E-state index in [1.165, 1.54) is 0 Å². The van der Waals surface area contributed by atoms with Crippen LogP contribution in [0.4, 0.5) is 4.79 Å². The molecule has 2 amide bonds. The largest absolute Gasteiger partial charge is 0.481 e. The van der Waals surface area contributed by atoms with Crippen LogP contribution in [0.1, 0.15) is 47.0 Å². The fourth-order valence-electron chi connectivity index (χ4n) is 2.29. The van der Waals surface area contributed by atoms with Crippen LogP contribution in [0.25, 0.3) is 0 Å². The Balaban J connectivity index is 2.36. The molecule has 0 aromatic carbocycles. The number of carboxylic acid groups (broad SMARTS) is 1. The number of rotatable bonds is 4. The molecule has 3 N–H and O–H groups in total. The lowest BCUT2D eigenvalue weighted by atomic mass is 9.88. The number of carbonyl (C=O) groups excluding carboxylic acids is 1. The van der Waals surface area contributed by atoms with E-state index in [2.05, 4.69) is 31.4 Å². The third-order valence-corrected chi connectivity index (χ3v) is 4.15. The lowest BCUT2D eigenvalue weighted by Crippen LogP contribution is -2.47. The Morgan fingerprint density at radius 3 is 2.47 bits per heavy atom. The van der Waals surface area contributed by atoms with Crippen LogP contribution >= 0.6 is 0 Å². The Morgan fingerprint density at radius 2 is 1.95 bits per heavy atom. The number of hydrogen-bond donors (Lipinski definition) is 3. The van der Waals surface area contributed by atoms with E-state index in [4.69, 9.17) is 5.11 Å². The second kappa shape index (κ2) is 6.26. The van der Waals surface area contributed by atoms with Gasteiger partial charge in [-0.2, -0.15) is 0 Å².